The van der Waals surface area contributed by atoms with Gasteiger partial charge in [-0.15, -0.1) is 0 Å². The van der Waals surface area contributed by atoms with Crippen molar-refractivity contribution in [3.63, 3.8) is 0 Å². The van der Waals surface area contributed by atoms with Gasteiger partial charge in [0.05, 0.1) is 0 Å². The predicted molar refractivity (Wildman–Crippen MR) is 279 cm³/mol. The van der Waals surface area contributed by atoms with Crippen LogP contribution < -0.4 is 2.89 Å². The van der Waals surface area contributed by atoms with Gasteiger partial charge in [-0.2, -0.15) is 0 Å². The molecule has 59 heavy (non-hydrogen) atoms. The summed E-state index contributed by atoms with van der Waals surface area (Å²) < 4.78 is 12.7. The van der Waals surface area contributed by atoms with Crippen LogP contribution in [0.4, 0.5) is 0 Å². The molecule has 0 aliphatic heterocycles. The summed E-state index contributed by atoms with van der Waals surface area (Å²) in [5.41, 5.74) is 9.31. The van der Waals surface area contributed by atoms with Crippen LogP contribution in [-0.2, 0) is 12.8 Å². The van der Waals surface area contributed by atoms with Crippen molar-refractivity contribution in [3.8, 4) is 0 Å². The van der Waals surface area contributed by atoms with Gasteiger partial charge in [-0.3, -0.25) is 0 Å². The van der Waals surface area contributed by atoms with Gasteiger partial charge in [0.2, 0.25) is 0 Å². The number of hydrogen-bond acceptors (Lipinski definition) is 2. The Morgan fingerprint density at radius 3 is 1.76 bits per heavy atom. The number of allylic oxidation sites excluding steroid dienone is 10. The maximum absolute atomic E-state index is 2.78. The van der Waals surface area contributed by atoms with Crippen LogP contribution in [0.2, 0.25) is 30.6 Å². The van der Waals surface area contributed by atoms with Crippen LogP contribution in [0.1, 0.15) is 205 Å². The molecule has 2 aliphatic carbocycles. The van der Waals surface area contributed by atoms with Crippen molar-refractivity contribution in [2.45, 2.75) is 227 Å². The summed E-state index contributed by atoms with van der Waals surface area (Å²) in [6.07, 6.45) is 44.9. The van der Waals surface area contributed by atoms with Crippen LogP contribution in [-0.4, -0.2) is 36.8 Å². The number of rotatable bonds is 32. The zero-order chi connectivity index (χ0) is 42.4. The molecule has 2 bridgehead atoms. The SMILES string of the molecule is CCCCCCc1csc(C2=CC=CC3=C(c4cc(CCCC[CH](C)[Sn]([CH2]CCC)([CH2]CCC)[CH2]CCC)[c]([Sn]([CH2]CCC)([CH2]CCC)[CH2]CCC)s4)C=CC=C2C3)c1. The zero-order valence-electron chi connectivity index (χ0n) is 39.9. The molecule has 2 heterocycles. The van der Waals surface area contributed by atoms with E-state index >= 15 is 0 Å². The third-order valence-corrected chi connectivity index (χ3v) is 53.5. The summed E-state index contributed by atoms with van der Waals surface area (Å²) in [6, 6.07) is 5.28. The third kappa shape index (κ3) is 15.4. The Hall–Kier alpha value is -0.303. The molecule has 0 radical (unpaired) electrons. The zero-order valence-corrected chi connectivity index (χ0v) is 47.2. The second-order valence-electron chi connectivity index (χ2n) is 19.1. The van der Waals surface area contributed by atoms with Gasteiger partial charge < -0.3 is 0 Å². The van der Waals surface area contributed by atoms with E-state index in [-0.39, 0.29) is 0 Å². The Labute approximate surface area is 383 Å². The van der Waals surface area contributed by atoms with E-state index in [0.717, 1.165) is 10.4 Å². The first-order valence-electron chi connectivity index (χ1n) is 25.5. The minimum atomic E-state index is -2.67. The van der Waals surface area contributed by atoms with Crippen LogP contribution in [0.5, 0.6) is 0 Å². The molecular formula is C55H90S2Sn2. The summed E-state index contributed by atoms with van der Waals surface area (Å²) >= 11 is -0.603. The molecule has 1 unspecified atom stereocenters. The van der Waals surface area contributed by atoms with E-state index in [9.17, 15) is 0 Å². The predicted octanol–water partition coefficient (Wildman–Crippen LogP) is 19.2. The Balaban J connectivity index is 1.65. The molecule has 4 rings (SSSR count). The molecule has 0 aromatic carbocycles. The van der Waals surface area contributed by atoms with E-state index in [4.69, 9.17) is 0 Å². The van der Waals surface area contributed by atoms with E-state index < -0.39 is 36.8 Å². The van der Waals surface area contributed by atoms with Crippen LogP contribution in [0.15, 0.2) is 65.1 Å². The van der Waals surface area contributed by atoms with Crippen LogP contribution in [0, 0.1) is 0 Å². The Morgan fingerprint density at radius 2 is 1.15 bits per heavy atom. The monoisotopic (exact) mass is 1050 g/mol. The fraction of sp³-hybridized carbons (Fsp3) is 0.673. The van der Waals surface area contributed by atoms with Crippen LogP contribution in [0.25, 0.3) is 11.1 Å². The van der Waals surface area contributed by atoms with Crippen molar-refractivity contribution in [2.75, 3.05) is 0 Å². The molecule has 2 aliphatic rings. The van der Waals surface area contributed by atoms with Gasteiger partial charge in [0.15, 0.2) is 0 Å². The fourth-order valence-electron chi connectivity index (χ4n) is 10.5. The molecule has 4 heteroatoms. The van der Waals surface area contributed by atoms with Crippen molar-refractivity contribution < 1.29 is 0 Å². The van der Waals surface area contributed by atoms with Crippen molar-refractivity contribution in [1.29, 1.82) is 0 Å². The quantitative estimate of drug-likeness (QED) is 0.0506. The number of thiophene rings is 2. The average Bonchev–Trinajstić information content (AvgIpc) is 3.78. The molecule has 330 valence electrons. The molecule has 0 amide bonds. The first-order chi connectivity index (χ1) is 28.8. The van der Waals surface area contributed by atoms with E-state index in [2.05, 4.69) is 121 Å². The standard InChI is InChI=1S/C31H36S2.6C4H9.2Sn/c1-3-5-7-9-13-24-19-30(32-22-24)28-17-11-16-27-21-26(28)15-12-18-29(27)31-20-25(23-33-31)14-10-8-6-4-2;6*1-3-4-2;;/h3,11-12,15-20,23H,4-10,13-14,21H2,1-2H3;6*1,3-4H2,2H3;;. The Morgan fingerprint density at radius 1 is 0.576 bits per heavy atom. The number of fused-ring (bicyclic) bond motifs is 2. The third-order valence-electron chi connectivity index (χ3n) is 14.5. The van der Waals surface area contributed by atoms with Gasteiger partial charge in [-0.1, -0.05) is 26.2 Å². The maximum atomic E-state index is 2.78. The minimum absolute atomic E-state index is 1.03. The van der Waals surface area contributed by atoms with E-state index in [1.165, 1.54) is 168 Å². The molecular weight excluding hydrogens is 962 g/mol. The van der Waals surface area contributed by atoms with Crippen LogP contribution in [0.3, 0.4) is 0 Å². The summed E-state index contributed by atoms with van der Waals surface area (Å²) in [6.45, 7) is 19.7. The van der Waals surface area contributed by atoms with Crippen LogP contribution >= 0.6 is 22.7 Å². The summed E-state index contributed by atoms with van der Waals surface area (Å²) in [7, 11) is 0. The van der Waals surface area contributed by atoms with Crippen molar-refractivity contribution >= 4 is 73.5 Å². The fourth-order valence-corrected chi connectivity index (χ4v) is 50.8. The first-order valence-corrected chi connectivity index (χ1v) is 42.4. The molecule has 0 spiro atoms. The molecule has 2 aromatic rings. The number of aryl methyl sites for hydroxylation is 2. The number of unbranched alkanes of at least 4 members (excludes halogenated alkanes) is 10. The molecule has 2 aromatic heterocycles. The first kappa shape index (κ1) is 51.3. The van der Waals surface area contributed by atoms with E-state index in [0.29, 0.717) is 0 Å². The van der Waals surface area contributed by atoms with Gasteiger partial charge in [-0.05, 0) is 6.42 Å². The second-order valence-corrected chi connectivity index (χ2v) is 50.0. The van der Waals surface area contributed by atoms with Gasteiger partial charge in [0.25, 0.3) is 0 Å². The summed E-state index contributed by atoms with van der Waals surface area (Å²) in [5, 5.41) is 2.43. The summed E-state index contributed by atoms with van der Waals surface area (Å²) in [4.78, 5) is 3.03. The van der Waals surface area contributed by atoms with Gasteiger partial charge in [0, 0.05) is 0 Å². The van der Waals surface area contributed by atoms with E-state index in [1.807, 2.05) is 19.8 Å². The molecule has 0 saturated heterocycles. The molecule has 0 nitrogen and oxygen atoms in total. The van der Waals surface area contributed by atoms with Crippen molar-refractivity contribution in [1.82, 2.24) is 0 Å². The Bertz CT molecular complexity index is 1600. The molecule has 0 N–H and O–H groups in total. The van der Waals surface area contributed by atoms with Gasteiger partial charge in [-0.25, -0.2) is 0 Å². The number of hydrogen-bond donors (Lipinski definition) is 0. The van der Waals surface area contributed by atoms with Gasteiger partial charge >= 0.3 is 354 Å². The van der Waals surface area contributed by atoms with Gasteiger partial charge in [0.1, 0.15) is 0 Å². The van der Waals surface area contributed by atoms with Crippen molar-refractivity contribution in [2.24, 2.45) is 0 Å². The molecule has 0 saturated carbocycles. The molecule has 0 fully saturated rings. The normalized spacial score (nSPS) is 15.1. The topological polar surface area (TPSA) is 0 Å². The van der Waals surface area contributed by atoms with E-state index in [1.54, 1.807) is 31.5 Å². The second kappa shape index (κ2) is 28.5. The van der Waals surface area contributed by atoms with Crippen molar-refractivity contribution in [3.05, 3.63) is 86.0 Å². The summed E-state index contributed by atoms with van der Waals surface area (Å²) in [5.74, 6) is 0. The molecule has 1 atom stereocenters. The average molecular weight is 1050 g/mol. The Kier molecular flexibility index (Phi) is 24.8.